The summed E-state index contributed by atoms with van der Waals surface area (Å²) in [4.78, 5) is 8.90. The lowest BCUT2D eigenvalue weighted by Gasteiger charge is -2.08. The number of pyridine rings is 2. The molecular weight excluding hydrogens is 386 g/mol. The molecule has 0 radical (unpaired) electrons. The van der Waals surface area contributed by atoms with Crippen LogP contribution in [0.25, 0.3) is 71.2 Å². The zero-order chi connectivity index (χ0) is 20.1. The molecule has 0 bridgehead atoms. The van der Waals surface area contributed by atoms with Gasteiger partial charge < -0.3 is 8.83 Å². The topological polar surface area (TPSA) is 56.5 Å². The van der Waals surface area contributed by atoms with Gasteiger partial charge in [0, 0.05) is 63.2 Å². The monoisotopic (exact) mass is 399 g/mol. The van der Waals surface area contributed by atoms with Gasteiger partial charge in [0.05, 0.1) is 5.52 Å². The summed E-state index contributed by atoms with van der Waals surface area (Å²) in [5.74, 6) is 0. The summed E-state index contributed by atoms with van der Waals surface area (Å²) < 4.78 is 14.7. The van der Waals surface area contributed by atoms with Crippen molar-refractivity contribution in [1.29, 1.82) is 0 Å². The second-order valence-electron chi connectivity index (χ2n) is 7.93. The third kappa shape index (κ3) is 1.82. The summed E-state index contributed by atoms with van der Waals surface area (Å²) in [6, 6.07) is 18.7. The Bertz CT molecular complexity index is 2010. The Morgan fingerprint density at radius 2 is 1.52 bits per heavy atom. The predicted molar refractivity (Wildman–Crippen MR) is 123 cm³/mol. The summed E-state index contributed by atoms with van der Waals surface area (Å²) >= 11 is 0. The van der Waals surface area contributed by atoms with Gasteiger partial charge in [-0.25, -0.2) is 4.98 Å². The molecule has 0 unspecified atom stereocenters. The molecule has 8 aromatic rings. The normalized spacial score (nSPS) is 12.5. The highest BCUT2D eigenvalue weighted by Crippen LogP contribution is 2.40. The number of nitrogens with zero attached hydrogens (tertiary/aromatic N) is 3. The van der Waals surface area contributed by atoms with Crippen molar-refractivity contribution in [2.45, 2.75) is 0 Å². The highest BCUT2D eigenvalue weighted by atomic mass is 16.3. The first-order valence-corrected chi connectivity index (χ1v) is 10.2. The van der Waals surface area contributed by atoms with Crippen molar-refractivity contribution in [3.05, 3.63) is 79.4 Å². The molecule has 5 heterocycles. The first-order valence-electron chi connectivity index (χ1n) is 10.2. The third-order valence-corrected chi connectivity index (χ3v) is 6.35. The van der Waals surface area contributed by atoms with E-state index < -0.39 is 0 Å². The second kappa shape index (κ2) is 5.21. The molecule has 0 spiro atoms. The van der Waals surface area contributed by atoms with E-state index in [-0.39, 0.29) is 0 Å². The smallest absolute Gasteiger partial charge is 0.160 e. The molecule has 0 amide bonds. The van der Waals surface area contributed by atoms with Crippen LogP contribution in [-0.4, -0.2) is 14.4 Å². The molecule has 5 nitrogen and oxygen atoms in total. The minimum Gasteiger partial charge on any atom is -0.456 e. The van der Waals surface area contributed by atoms with Gasteiger partial charge in [-0.2, -0.15) is 0 Å². The van der Waals surface area contributed by atoms with Gasteiger partial charge in [0.15, 0.2) is 5.58 Å². The number of aromatic nitrogens is 3. The maximum Gasteiger partial charge on any atom is 0.160 e. The number of fused-ring (bicyclic) bond motifs is 13. The molecule has 5 heteroatoms. The fourth-order valence-electron chi connectivity index (χ4n) is 4.99. The molecule has 0 saturated carbocycles. The molecule has 0 aliphatic rings. The van der Waals surface area contributed by atoms with E-state index in [1.165, 1.54) is 0 Å². The molecule has 3 aromatic carbocycles. The predicted octanol–water partition coefficient (Wildman–Crippen LogP) is 6.83. The van der Waals surface area contributed by atoms with Crippen molar-refractivity contribution in [3.63, 3.8) is 0 Å². The van der Waals surface area contributed by atoms with Crippen LogP contribution in [0.3, 0.4) is 0 Å². The Morgan fingerprint density at radius 3 is 2.52 bits per heavy atom. The lowest BCUT2D eigenvalue weighted by atomic mass is 10.0. The molecule has 0 aliphatic heterocycles. The summed E-state index contributed by atoms with van der Waals surface area (Å²) in [6.45, 7) is 0. The summed E-state index contributed by atoms with van der Waals surface area (Å²) in [7, 11) is 0. The van der Waals surface area contributed by atoms with Crippen molar-refractivity contribution in [1.82, 2.24) is 14.4 Å². The fourth-order valence-corrected chi connectivity index (χ4v) is 4.99. The van der Waals surface area contributed by atoms with Crippen LogP contribution >= 0.6 is 0 Å². The van der Waals surface area contributed by atoms with E-state index in [1.54, 1.807) is 0 Å². The minimum absolute atomic E-state index is 0.817. The molecule has 0 N–H and O–H groups in total. The van der Waals surface area contributed by atoms with E-state index in [0.717, 1.165) is 71.2 Å². The van der Waals surface area contributed by atoms with Gasteiger partial charge in [-0.1, -0.05) is 24.3 Å². The van der Waals surface area contributed by atoms with E-state index in [4.69, 9.17) is 8.83 Å². The van der Waals surface area contributed by atoms with Crippen LogP contribution < -0.4 is 0 Å². The Balaban J connectivity index is 1.62. The number of hydrogen-bond acceptors (Lipinski definition) is 4. The van der Waals surface area contributed by atoms with Crippen LogP contribution in [0.4, 0.5) is 0 Å². The molecule has 8 rings (SSSR count). The number of para-hydroxylation sites is 1. The van der Waals surface area contributed by atoms with E-state index in [0.29, 0.717) is 0 Å². The molecule has 0 aliphatic carbocycles. The summed E-state index contributed by atoms with van der Waals surface area (Å²) in [6.07, 6.45) is 7.50. The van der Waals surface area contributed by atoms with E-state index in [9.17, 15) is 0 Å². The van der Waals surface area contributed by atoms with E-state index in [1.807, 2.05) is 55.1 Å². The van der Waals surface area contributed by atoms with Crippen molar-refractivity contribution in [2.24, 2.45) is 0 Å². The van der Waals surface area contributed by atoms with Gasteiger partial charge in [-0.05, 0) is 29.7 Å². The first kappa shape index (κ1) is 15.5. The van der Waals surface area contributed by atoms with Crippen molar-refractivity contribution in [3.8, 4) is 0 Å². The highest BCUT2D eigenvalue weighted by Gasteiger charge is 2.18. The molecular formula is C26H13N3O2. The maximum absolute atomic E-state index is 6.47. The van der Waals surface area contributed by atoms with Crippen LogP contribution in [-0.2, 0) is 0 Å². The number of benzene rings is 3. The average molecular weight is 399 g/mol. The van der Waals surface area contributed by atoms with Gasteiger partial charge in [0.25, 0.3) is 0 Å². The van der Waals surface area contributed by atoms with Crippen molar-refractivity contribution in [2.75, 3.05) is 0 Å². The number of hydrogen-bond donors (Lipinski definition) is 0. The fraction of sp³-hybridized carbons (Fsp3) is 0. The summed E-state index contributed by atoms with van der Waals surface area (Å²) in [5.41, 5.74) is 5.29. The number of rotatable bonds is 0. The summed E-state index contributed by atoms with van der Waals surface area (Å²) in [5, 5.41) is 7.64. The van der Waals surface area contributed by atoms with E-state index in [2.05, 4.69) is 38.6 Å². The van der Waals surface area contributed by atoms with Crippen LogP contribution in [0.2, 0.25) is 0 Å². The van der Waals surface area contributed by atoms with Crippen LogP contribution in [0, 0.1) is 0 Å². The molecule has 0 fully saturated rings. The molecule has 31 heavy (non-hydrogen) atoms. The van der Waals surface area contributed by atoms with Crippen molar-refractivity contribution >= 4 is 71.2 Å². The quantitative estimate of drug-likeness (QED) is 0.262. The Kier molecular flexibility index (Phi) is 2.60. The van der Waals surface area contributed by atoms with Gasteiger partial charge in [-0.15, -0.1) is 0 Å². The maximum atomic E-state index is 6.47. The third-order valence-electron chi connectivity index (χ3n) is 6.35. The zero-order valence-electron chi connectivity index (χ0n) is 16.2. The van der Waals surface area contributed by atoms with Crippen LogP contribution in [0.15, 0.2) is 88.2 Å². The first-order chi connectivity index (χ1) is 15.4. The van der Waals surface area contributed by atoms with Gasteiger partial charge in [0.1, 0.15) is 22.4 Å². The lowest BCUT2D eigenvalue weighted by molar-refractivity contribution is 0.657. The number of imidazole rings is 1. The Morgan fingerprint density at radius 1 is 0.645 bits per heavy atom. The molecule has 0 saturated heterocycles. The van der Waals surface area contributed by atoms with Crippen LogP contribution in [0.1, 0.15) is 0 Å². The van der Waals surface area contributed by atoms with Gasteiger partial charge in [-0.3, -0.25) is 9.38 Å². The average Bonchev–Trinajstić information content (AvgIpc) is 3.52. The standard InChI is InChI=1S/C26H13N3O2/c1-2-4-21-15(3-1)18-11-19-17-6-5-16-14-7-8-27-13-20(14)26-28-9-10-29(26)24(16)25(17)31-23(19)12-22(18)30-21/h1-13H. The molecule has 0 atom stereocenters. The largest absolute Gasteiger partial charge is 0.456 e. The van der Waals surface area contributed by atoms with Gasteiger partial charge >= 0.3 is 0 Å². The van der Waals surface area contributed by atoms with Crippen molar-refractivity contribution < 1.29 is 8.83 Å². The zero-order valence-corrected chi connectivity index (χ0v) is 16.2. The SMILES string of the molecule is c1ccc2c(c1)oc1cc3oc4c(ccc5c6ccncc6c6nccn6c54)c3cc12. The Hall–Kier alpha value is -4.38. The lowest BCUT2D eigenvalue weighted by Crippen LogP contribution is -1.91. The molecule has 144 valence electrons. The van der Waals surface area contributed by atoms with Crippen LogP contribution in [0.5, 0.6) is 0 Å². The van der Waals surface area contributed by atoms with Gasteiger partial charge in [0.2, 0.25) is 0 Å². The minimum atomic E-state index is 0.817. The van der Waals surface area contributed by atoms with E-state index >= 15 is 0 Å². The number of furan rings is 2. The Labute approximate surface area is 174 Å². The second-order valence-corrected chi connectivity index (χ2v) is 7.93. The molecule has 5 aromatic heterocycles. The highest BCUT2D eigenvalue weighted by molar-refractivity contribution is 6.23.